The van der Waals surface area contributed by atoms with E-state index in [9.17, 15) is 4.79 Å². The first kappa shape index (κ1) is 15.3. The number of likely N-dealkylation sites (N-methyl/N-ethyl adjacent to an activating group) is 1. The van der Waals surface area contributed by atoms with Gasteiger partial charge in [0.15, 0.2) is 0 Å². The zero-order valence-corrected chi connectivity index (χ0v) is 12.4. The van der Waals surface area contributed by atoms with Crippen molar-refractivity contribution in [3.63, 3.8) is 0 Å². The van der Waals surface area contributed by atoms with Gasteiger partial charge in [0.2, 0.25) is 0 Å². The number of carboxylic acids is 1. The lowest BCUT2D eigenvalue weighted by Gasteiger charge is -2.24. The van der Waals surface area contributed by atoms with Crippen molar-refractivity contribution in [1.29, 1.82) is 0 Å². The van der Waals surface area contributed by atoms with Crippen LogP contribution in [0.3, 0.4) is 0 Å². The number of halogens is 1. The molecule has 5 heteroatoms. The fourth-order valence-electron chi connectivity index (χ4n) is 2.43. The Morgan fingerprint density at radius 2 is 2.35 bits per heavy atom. The van der Waals surface area contributed by atoms with Crippen LogP contribution in [-0.4, -0.2) is 41.8 Å². The third-order valence-electron chi connectivity index (χ3n) is 3.63. The highest BCUT2D eigenvalue weighted by Gasteiger charge is 2.19. The van der Waals surface area contributed by atoms with E-state index in [4.69, 9.17) is 21.4 Å². The van der Waals surface area contributed by atoms with Crippen LogP contribution in [0.4, 0.5) is 0 Å². The van der Waals surface area contributed by atoms with E-state index >= 15 is 0 Å². The van der Waals surface area contributed by atoms with Gasteiger partial charge in [-0.25, -0.2) is 4.79 Å². The van der Waals surface area contributed by atoms with Crippen LogP contribution >= 0.6 is 11.6 Å². The first-order valence-electron chi connectivity index (χ1n) is 6.95. The topological polar surface area (TPSA) is 49.8 Å². The first-order valence-corrected chi connectivity index (χ1v) is 7.33. The van der Waals surface area contributed by atoms with E-state index in [-0.39, 0.29) is 5.56 Å². The highest BCUT2D eigenvalue weighted by Crippen LogP contribution is 2.21. The average molecular weight is 298 g/mol. The van der Waals surface area contributed by atoms with E-state index in [0.717, 1.165) is 44.6 Å². The van der Waals surface area contributed by atoms with Gasteiger partial charge in [-0.1, -0.05) is 24.6 Å². The normalized spacial score (nSPS) is 18.6. The number of rotatable bonds is 6. The maximum atomic E-state index is 10.9. The van der Waals surface area contributed by atoms with E-state index in [1.165, 1.54) is 6.07 Å². The van der Waals surface area contributed by atoms with Crippen molar-refractivity contribution in [2.24, 2.45) is 0 Å². The van der Waals surface area contributed by atoms with Gasteiger partial charge in [0.05, 0.1) is 11.7 Å². The smallest absolute Gasteiger partial charge is 0.335 e. The van der Waals surface area contributed by atoms with E-state index < -0.39 is 5.97 Å². The summed E-state index contributed by atoms with van der Waals surface area (Å²) in [4.78, 5) is 13.2. The summed E-state index contributed by atoms with van der Waals surface area (Å²) in [6.45, 7) is 5.49. The number of carboxylic acid groups (broad SMARTS) is 1. The molecule has 1 aliphatic heterocycles. The second-order valence-corrected chi connectivity index (χ2v) is 5.48. The van der Waals surface area contributed by atoms with Gasteiger partial charge in [-0.15, -0.1) is 0 Å². The number of benzene rings is 1. The van der Waals surface area contributed by atoms with Gasteiger partial charge in [-0.3, -0.25) is 4.90 Å². The second kappa shape index (κ2) is 7.07. The fourth-order valence-corrected chi connectivity index (χ4v) is 2.67. The molecule has 0 radical (unpaired) electrons. The fraction of sp³-hybridized carbons (Fsp3) is 0.533. The summed E-state index contributed by atoms with van der Waals surface area (Å²) >= 11 is 6.17. The molecule has 0 bridgehead atoms. The second-order valence-electron chi connectivity index (χ2n) is 5.07. The molecule has 1 aliphatic rings. The van der Waals surface area contributed by atoms with Gasteiger partial charge in [0.1, 0.15) is 0 Å². The van der Waals surface area contributed by atoms with Crippen molar-refractivity contribution >= 4 is 17.6 Å². The van der Waals surface area contributed by atoms with Crippen LogP contribution in [0.2, 0.25) is 5.02 Å². The van der Waals surface area contributed by atoms with Gasteiger partial charge in [-0.2, -0.15) is 0 Å². The van der Waals surface area contributed by atoms with Crippen molar-refractivity contribution in [3.8, 4) is 0 Å². The maximum absolute atomic E-state index is 10.9. The lowest BCUT2D eigenvalue weighted by atomic mass is 10.1. The Morgan fingerprint density at radius 3 is 2.90 bits per heavy atom. The Kier molecular flexibility index (Phi) is 5.40. The van der Waals surface area contributed by atoms with Crippen LogP contribution in [0.15, 0.2) is 18.2 Å². The predicted molar refractivity (Wildman–Crippen MR) is 78.3 cm³/mol. The number of nitrogens with zero attached hydrogens (tertiary/aromatic N) is 1. The Labute approximate surface area is 124 Å². The molecule has 1 saturated heterocycles. The van der Waals surface area contributed by atoms with Crippen LogP contribution in [0.1, 0.15) is 35.7 Å². The number of carbonyl (C=O) groups is 1. The lowest BCUT2D eigenvalue weighted by Crippen LogP contribution is -2.31. The molecule has 1 aromatic carbocycles. The van der Waals surface area contributed by atoms with E-state index in [1.54, 1.807) is 12.1 Å². The third kappa shape index (κ3) is 3.95. The highest BCUT2D eigenvalue weighted by atomic mass is 35.5. The van der Waals surface area contributed by atoms with Gasteiger partial charge in [0.25, 0.3) is 0 Å². The molecule has 1 heterocycles. The molecule has 0 amide bonds. The van der Waals surface area contributed by atoms with Crippen LogP contribution in [0.25, 0.3) is 0 Å². The molecule has 1 fully saturated rings. The van der Waals surface area contributed by atoms with Gasteiger partial charge >= 0.3 is 5.97 Å². The van der Waals surface area contributed by atoms with Crippen LogP contribution in [0, 0.1) is 0 Å². The van der Waals surface area contributed by atoms with E-state index in [1.807, 2.05) is 0 Å². The molecule has 1 atom stereocenters. The summed E-state index contributed by atoms with van der Waals surface area (Å²) in [5, 5.41) is 9.44. The number of aromatic carboxylic acids is 1. The monoisotopic (exact) mass is 297 g/mol. The molecule has 20 heavy (non-hydrogen) atoms. The van der Waals surface area contributed by atoms with E-state index in [2.05, 4.69) is 11.8 Å². The van der Waals surface area contributed by atoms with Crippen molar-refractivity contribution in [2.45, 2.75) is 32.4 Å². The van der Waals surface area contributed by atoms with E-state index in [0.29, 0.717) is 11.1 Å². The molecule has 2 rings (SSSR count). The molecule has 1 aromatic rings. The first-order chi connectivity index (χ1) is 9.60. The minimum absolute atomic E-state index is 0.223. The standard InChI is InChI=1S/C15H20ClNO3/c1-2-17(10-13-4-3-7-20-13)9-12-6-5-11(15(18)19)8-14(12)16/h5-6,8,13H,2-4,7,9-10H2,1H3,(H,18,19). The highest BCUT2D eigenvalue weighted by molar-refractivity contribution is 6.31. The molecule has 0 aromatic heterocycles. The van der Waals surface area contributed by atoms with Crippen LogP contribution < -0.4 is 0 Å². The molecule has 4 nitrogen and oxygen atoms in total. The molecule has 1 N–H and O–H groups in total. The molecule has 110 valence electrons. The van der Waals surface area contributed by atoms with Gasteiger partial charge < -0.3 is 9.84 Å². The van der Waals surface area contributed by atoms with Crippen molar-refractivity contribution in [2.75, 3.05) is 19.7 Å². The number of hydrogen-bond acceptors (Lipinski definition) is 3. The predicted octanol–water partition coefficient (Wildman–Crippen LogP) is 3.04. The van der Waals surface area contributed by atoms with Gasteiger partial charge in [0, 0.05) is 24.7 Å². The molecule has 0 saturated carbocycles. The molecule has 0 aliphatic carbocycles. The minimum Gasteiger partial charge on any atom is -0.478 e. The largest absolute Gasteiger partial charge is 0.478 e. The lowest BCUT2D eigenvalue weighted by molar-refractivity contribution is 0.0697. The van der Waals surface area contributed by atoms with Crippen molar-refractivity contribution < 1.29 is 14.6 Å². The Morgan fingerprint density at radius 1 is 1.55 bits per heavy atom. The Balaban J connectivity index is 2.01. The third-order valence-corrected chi connectivity index (χ3v) is 3.98. The summed E-state index contributed by atoms with van der Waals surface area (Å²) in [6.07, 6.45) is 2.56. The minimum atomic E-state index is -0.954. The summed E-state index contributed by atoms with van der Waals surface area (Å²) < 4.78 is 5.65. The summed E-state index contributed by atoms with van der Waals surface area (Å²) in [6, 6.07) is 4.91. The summed E-state index contributed by atoms with van der Waals surface area (Å²) in [5.41, 5.74) is 1.18. The van der Waals surface area contributed by atoms with Gasteiger partial charge in [-0.05, 0) is 37.1 Å². The number of hydrogen-bond donors (Lipinski definition) is 1. The summed E-state index contributed by atoms with van der Waals surface area (Å²) in [5.74, 6) is -0.954. The zero-order chi connectivity index (χ0) is 14.5. The van der Waals surface area contributed by atoms with Crippen LogP contribution in [-0.2, 0) is 11.3 Å². The molecular formula is C15H20ClNO3. The summed E-state index contributed by atoms with van der Waals surface area (Å²) in [7, 11) is 0. The molecular weight excluding hydrogens is 278 g/mol. The quantitative estimate of drug-likeness (QED) is 0.877. The molecule has 0 spiro atoms. The molecule has 1 unspecified atom stereocenters. The Hall–Kier alpha value is -1.10. The SMILES string of the molecule is CCN(Cc1ccc(C(=O)O)cc1Cl)CC1CCCO1. The Bertz CT molecular complexity index is 472. The van der Waals surface area contributed by atoms with Crippen LogP contribution in [0.5, 0.6) is 0 Å². The zero-order valence-electron chi connectivity index (χ0n) is 11.6. The van der Waals surface area contributed by atoms with Crippen molar-refractivity contribution in [1.82, 2.24) is 4.90 Å². The number of ether oxygens (including phenoxy) is 1. The van der Waals surface area contributed by atoms with Crippen molar-refractivity contribution in [3.05, 3.63) is 34.3 Å². The average Bonchev–Trinajstić information content (AvgIpc) is 2.92. The maximum Gasteiger partial charge on any atom is 0.335 e.